The Bertz CT molecular complexity index is 816. The summed E-state index contributed by atoms with van der Waals surface area (Å²) in [6.45, 7) is 2.23. The molecule has 0 bridgehead atoms. The summed E-state index contributed by atoms with van der Waals surface area (Å²) in [7, 11) is 0.533. The van der Waals surface area contributed by atoms with Crippen LogP contribution in [0.1, 0.15) is 0 Å². The lowest BCUT2D eigenvalue weighted by molar-refractivity contribution is 0.334. The molecule has 1 saturated heterocycles. The molecule has 120 valence electrons. The van der Waals surface area contributed by atoms with Crippen LogP contribution in [0.2, 0.25) is 5.15 Å². The molecule has 1 saturated carbocycles. The summed E-state index contributed by atoms with van der Waals surface area (Å²) in [6.07, 6.45) is 1.71. The van der Waals surface area contributed by atoms with Crippen LogP contribution in [0, 0.1) is 17.8 Å². The van der Waals surface area contributed by atoms with Crippen LogP contribution in [0.5, 0.6) is 0 Å². The largest absolute Gasteiger partial charge is 0.309 e. The Labute approximate surface area is 138 Å². The first-order valence-corrected chi connectivity index (χ1v) is 9.85. The summed E-state index contributed by atoms with van der Waals surface area (Å²) in [5.74, 6) is 1.60. The first-order chi connectivity index (χ1) is 10.4. The van der Waals surface area contributed by atoms with Crippen LogP contribution < -0.4 is 0 Å². The van der Waals surface area contributed by atoms with Crippen LogP contribution in [-0.2, 0) is 10.0 Å². The smallest absolute Gasteiger partial charge is 0.262 e. The summed E-state index contributed by atoms with van der Waals surface area (Å²) < 4.78 is 28.9. The molecule has 2 fully saturated rings. The number of nitrogens with zero attached hydrogens (tertiary/aromatic N) is 4. The normalized spacial score (nSPS) is 28.6. The zero-order chi connectivity index (χ0) is 15.6. The van der Waals surface area contributed by atoms with Gasteiger partial charge in [0, 0.05) is 31.2 Å². The van der Waals surface area contributed by atoms with E-state index in [2.05, 4.69) is 24.0 Å². The number of piperidine rings is 1. The molecule has 0 N–H and O–H groups in total. The highest BCUT2D eigenvalue weighted by atomic mass is 35.5. The Morgan fingerprint density at radius 1 is 1.41 bits per heavy atom. The van der Waals surface area contributed by atoms with Crippen molar-refractivity contribution in [2.45, 2.75) is 5.03 Å². The van der Waals surface area contributed by atoms with Crippen molar-refractivity contribution in [3.05, 3.63) is 16.7 Å². The predicted octanol–water partition coefficient (Wildman–Crippen LogP) is 1.48. The molecule has 1 unspecified atom stereocenters. The van der Waals surface area contributed by atoms with Gasteiger partial charge in [-0.1, -0.05) is 11.6 Å². The summed E-state index contributed by atoms with van der Waals surface area (Å²) in [4.78, 5) is 6.91. The molecule has 3 heterocycles. The van der Waals surface area contributed by atoms with Crippen molar-refractivity contribution in [3.63, 3.8) is 0 Å². The molecule has 1 aliphatic heterocycles. The summed E-state index contributed by atoms with van der Waals surface area (Å²) in [5.41, 5.74) is 0. The number of aromatic nitrogens is 2. The van der Waals surface area contributed by atoms with Crippen LogP contribution in [-0.4, -0.2) is 60.7 Å². The second-order valence-corrected chi connectivity index (χ2v) is 9.42. The third kappa shape index (κ3) is 2.12. The molecule has 4 rings (SSSR count). The maximum absolute atomic E-state index is 12.9. The fourth-order valence-electron chi connectivity index (χ4n) is 3.59. The van der Waals surface area contributed by atoms with Gasteiger partial charge in [-0.15, -0.1) is 11.3 Å². The molecule has 2 aromatic rings. The Kier molecular flexibility index (Phi) is 3.32. The number of hydrogen-bond acceptors (Lipinski definition) is 5. The molecule has 0 aromatic carbocycles. The van der Waals surface area contributed by atoms with Crippen LogP contribution in [0.15, 0.2) is 16.6 Å². The van der Waals surface area contributed by atoms with E-state index in [0.29, 0.717) is 35.8 Å². The van der Waals surface area contributed by atoms with Gasteiger partial charge in [0.15, 0.2) is 15.1 Å². The van der Waals surface area contributed by atoms with E-state index in [9.17, 15) is 8.42 Å². The van der Waals surface area contributed by atoms with Gasteiger partial charge in [0.05, 0.1) is 0 Å². The van der Waals surface area contributed by atoms with E-state index in [1.165, 1.54) is 11.3 Å². The number of halogens is 1. The number of thiazole rings is 1. The average molecular weight is 361 g/mol. The third-order valence-electron chi connectivity index (χ3n) is 4.68. The second kappa shape index (κ2) is 4.91. The highest BCUT2D eigenvalue weighted by Crippen LogP contribution is 2.53. The molecule has 6 nitrogen and oxygen atoms in total. The topological polar surface area (TPSA) is 57.9 Å². The Morgan fingerprint density at radius 2 is 2.09 bits per heavy atom. The summed E-state index contributed by atoms with van der Waals surface area (Å²) in [6, 6.07) is 0. The van der Waals surface area contributed by atoms with Crippen LogP contribution >= 0.6 is 22.9 Å². The van der Waals surface area contributed by atoms with E-state index in [1.54, 1.807) is 14.9 Å². The van der Waals surface area contributed by atoms with Gasteiger partial charge in [0.2, 0.25) is 0 Å². The first-order valence-electron chi connectivity index (χ1n) is 7.15. The third-order valence-corrected chi connectivity index (χ3v) is 7.67. The van der Waals surface area contributed by atoms with Crippen molar-refractivity contribution in [2.24, 2.45) is 17.8 Å². The zero-order valence-electron chi connectivity index (χ0n) is 12.3. The molecule has 0 radical (unpaired) electrons. The molecular formula is C13H17ClN4O2S2. The maximum atomic E-state index is 12.9. The lowest BCUT2D eigenvalue weighted by Crippen LogP contribution is -2.33. The van der Waals surface area contributed by atoms with Crippen LogP contribution in [0.4, 0.5) is 0 Å². The van der Waals surface area contributed by atoms with E-state index < -0.39 is 10.0 Å². The van der Waals surface area contributed by atoms with Crippen molar-refractivity contribution >= 4 is 37.9 Å². The maximum Gasteiger partial charge on any atom is 0.262 e. The molecule has 9 heteroatoms. The zero-order valence-corrected chi connectivity index (χ0v) is 14.7. The lowest BCUT2D eigenvalue weighted by Gasteiger charge is -2.20. The number of hydrogen-bond donors (Lipinski definition) is 0. The van der Waals surface area contributed by atoms with E-state index in [4.69, 9.17) is 11.6 Å². The summed E-state index contributed by atoms with van der Waals surface area (Å²) in [5, 5.41) is 1.99. The summed E-state index contributed by atoms with van der Waals surface area (Å²) >= 11 is 7.46. The quantitative estimate of drug-likeness (QED) is 0.828. The molecule has 3 atom stereocenters. The molecule has 1 aliphatic carbocycles. The highest BCUT2D eigenvalue weighted by Gasteiger charge is 2.58. The van der Waals surface area contributed by atoms with Crippen molar-refractivity contribution in [1.82, 2.24) is 18.6 Å². The van der Waals surface area contributed by atoms with Gasteiger partial charge in [-0.05, 0) is 31.8 Å². The van der Waals surface area contributed by atoms with Gasteiger partial charge in [-0.2, -0.15) is 4.31 Å². The predicted molar refractivity (Wildman–Crippen MR) is 85.9 cm³/mol. The minimum atomic E-state index is -3.58. The monoisotopic (exact) mass is 360 g/mol. The van der Waals surface area contributed by atoms with Crippen molar-refractivity contribution in [2.75, 3.05) is 33.7 Å². The van der Waals surface area contributed by atoms with Crippen molar-refractivity contribution in [1.29, 1.82) is 0 Å². The van der Waals surface area contributed by atoms with E-state index >= 15 is 0 Å². The second-order valence-electron chi connectivity index (χ2n) is 6.34. The number of imidazole rings is 1. The molecule has 2 aliphatic rings. The fraction of sp³-hybridized carbons (Fsp3) is 0.615. The van der Waals surface area contributed by atoms with Crippen molar-refractivity contribution in [3.8, 4) is 0 Å². The SMILES string of the molecule is CN(C)CC1[C@H]2CN(S(=O)(=O)c3c(Cl)nc4sccn34)C[C@@H]12. The highest BCUT2D eigenvalue weighted by molar-refractivity contribution is 7.89. The standard InChI is InChI=1S/C13H17ClN4O2S2/c1-16(2)5-8-9-6-17(7-10(8)9)22(19,20)12-11(14)15-13-18(12)3-4-21-13/h3-4,8-10H,5-7H2,1-2H3/t8?,9-,10+. The minimum absolute atomic E-state index is 0.0669. The Morgan fingerprint density at radius 3 is 2.73 bits per heavy atom. The average Bonchev–Trinajstić information content (AvgIpc) is 2.84. The van der Waals surface area contributed by atoms with E-state index in [1.807, 2.05) is 5.38 Å². The molecule has 22 heavy (non-hydrogen) atoms. The Balaban J connectivity index is 1.59. The number of rotatable bonds is 4. The molecule has 2 aromatic heterocycles. The molecule has 0 amide bonds. The van der Waals surface area contributed by atoms with Gasteiger partial charge in [-0.25, -0.2) is 13.4 Å². The van der Waals surface area contributed by atoms with Gasteiger partial charge in [0.1, 0.15) is 0 Å². The lowest BCUT2D eigenvalue weighted by atomic mass is 10.3. The number of sulfonamides is 1. The van der Waals surface area contributed by atoms with Gasteiger partial charge in [-0.3, -0.25) is 4.40 Å². The number of fused-ring (bicyclic) bond motifs is 2. The van der Waals surface area contributed by atoms with Crippen LogP contribution in [0.3, 0.4) is 0 Å². The van der Waals surface area contributed by atoms with E-state index in [-0.39, 0.29) is 10.2 Å². The van der Waals surface area contributed by atoms with Gasteiger partial charge in [0.25, 0.3) is 10.0 Å². The first kappa shape index (κ1) is 14.9. The Hall–Kier alpha value is -0.670. The van der Waals surface area contributed by atoms with Gasteiger partial charge >= 0.3 is 0 Å². The van der Waals surface area contributed by atoms with Gasteiger partial charge < -0.3 is 4.90 Å². The molecule has 0 spiro atoms. The minimum Gasteiger partial charge on any atom is -0.309 e. The van der Waals surface area contributed by atoms with E-state index in [0.717, 1.165) is 6.54 Å². The fourth-order valence-corrected chi connectivity index (χ4v) is 6.51. The van der Waals surface area contributed by atoms with Crippen molar-refractivity contribution < 1.29 is 8.42 Å². The molecular weight excluding hydrogens is 344 g/mol. The van der Waals surface area contributed by atoms with Crippen LogP contribution in [0.25, 0.3) is 4.96 Å².